The third-order valence-electron chi connectivity index (χ3n) is 3.82. The summed E-state index contributed by atoms with van der Waals surface area (Å²) >= 11 is 0. The van der Waals surface area contributed by atoms with Crippen LogP contribution in [-0.4, -0.2) is 0 Å². The van der Waals surface area contributed by atoms with Crippen molar-refractivity contribution < 1.29 is 4.39 Å². The number of benzene rings is 2. The van der Waals surface area contributed by atoms with E-state index >= 15 is 0 Å². The molecule has 1 aliphatic rings. The molecule has 0 saturated heterocycles. The molecule has 1 unspecified atom stereocenters. The fraction of sp³-hybridized carbons (Fsp3) is 0.294. The van der Waals surface area contributed by atoms with E-state index in [2.05, 4.69) is 37.4 Å². The Bertz CT molecular complexity index is 587. The summed E-state index contributed by atoms with van der Waals surface area (Å²) in [5.74, 6) is 0.372. The van der Waals surface area contributed by atoms with Gasteiger partial charge in [0.05, 0.1) is 6.04 Å². The van der Waals surface area contributed by atoms with Gasteiger partial charge >= 0.3 is 0 Å². The smallest absolute Gasteiger partial charge is 0.123 e. The molecule has 0 aliphatic carbocycles. The highest BCUT2D eigenvalue weighted by atomic mass is 19.1. The summed E-state index contributed by atoms with van der Waals surface area (Å²) in [5, 5.41) is 3.51. The van der Waals surface area contributed by atoms with Gasteiger partial charge in [-0.3, -0.25) is 0 Å². The van der Waals surface area contributed by atoms with E-state index in [0.29, 0.717) is 5.92 Å². The van der Waals surface area contributed by atoms with E-state index in [4.69, 9.17) is 0 Å². The largest absolute Gasteiger partial charge is 0.378 e. The zero-order chi connectivity index (χ0) is 13.4. The third kappa shape index (κ3) is 2.35. The van der Waals surface area contributed by atoms with Crippen LogP contribution in [0.25, 0.3) is 0 Å². The number of halogens is 1. The number of hydrogen-bond acceptors (Lipinski definition) is 1. The van der Waals surface area contributed by atoms with Gasteiger partial charge in [-0.1, -0.05) is 38.1 Å². The van der Waals surface area contributed by atoms with E-state index in [-0.39, 0.29) is 11.9 Å². The second-order valence-corrected chi connectivity index (χ2v) is 5.52. The molecule has 3 rings (SSSR count). The van der Waals surface area contributed by atoms with Crippen LogP contribution >= 0.6 is 0 Å². The molecule has 19 heavy (non-hydrogen) atoms. The van der Waals surface area contributed by atoms with Crippen molar-refractivity contribution >= 4 is 5.69 Å². The van der Waals surface area contributed by atoms with E-state index in [9.17, 15) is 4.39 Å². The van der Waals surface area contributed by atoms with E-state index in [0.717, 1.165) is 12.0 Å². The lowest BCUT2D eigenvalue weighted by atomic mass is 9.98. The fourth-order valence-corrected chi connectivity index (χ4v) is 2.64. The molecule has 0 amide bonds. The molecule has 0 spiro atoms. The molecule has 0 radical (unpaired) electrons. The number of anilines is 1. The van der Waals surface area contributed by atoms with E-state index in [1.807, 2.05) is 12.1 Å². The van der Waals surface area contributed by atoms with Gasteiger partial charge in [-0.2, -0.15) is 0 Å². The molecule has 1 atom stereocenters. The third-order valence-corrected chi connectivity index (χ3v) is 3.82. The Hall–Kier alpha value is -1.83. The molecule has 1 nitrogen and oxygen atoms in total. The summed E-state index contributed by atoms with van der Waals surface area (Å²) in [4.78, 5) is 0. The Balaban J connectivity index is 1.85. The molecule has 98 valence electrons. The van der Waals surface area contributed by atoms with Crippen LogP contribution < -0.4 is 5.32 Å². The molecule has 1 heterocycles. The minimum Gasteiger partial charge on any atom is -0.378 e. The first-order valence-corrected chi connectivity index (χ1v) is 6.78. The van der Waals surface area contributed by atoms with Crippen molar-refractivity contribution in [2.24, 2.45) is 0 Å². The van der Waals surface area contributed by atoms with Gasteiger partial charge < -0.3 is 5.32 Å². The Morgan fingerprint density at radius 2 is 1.84 bits per heavy atom. The minimum absolute atomic E-state index is 0.179. The van der Waals surface area contributed by atoms with Crippen molar-refractivity contribution in [3.05, 3.63) is 65.0 Å². The van der Waals surface area contributed by atoms with E-state index < -0.39 is 0 Å². The van der Waals surface area contributed by atoms with Crippen LogP contribution in [0.4, 0.5) is 10.1 Å². The highest BCUT2D eigenvalue weighted by molar-refractivity contribution is 5.59. The first kappa shape index (κ1) is 12.2. The molecule has 2 aromatic rings. The van der Waals surface area contributed by atoms with Crippen LogP contribution in [0.2, 0.25) is 0 Å². The van der Waals surface area contributed by atoms with Gasteiger partial charge in [0.1, 0.15) is 5.82 Å². The molecule has 0 bridgehead atoms. The fourth-order valence-electron chi connectivity index (χ4n) is 2.64. The molecule has 2 aromatic carbocycles. The first-order valence-electron chi connectivity index (χ1n) is 6.78. The summed E-state index contributed by atoms with van der Waals surface area (Å²) < 4.78 is 13.0. The summed E-state index contributed by atoms with van der Waals surface area (Å²) in [6.45, 7) is 4.42. The zero-order valence-electron chi connectivity index (χ0n) is 11.3. The Morgan fingerprint density at radius 3 is 2.53 bits per heavy atom. The first-order chi connectivity index (χ1) is 9.13. The maximum atomic E-state index is 13.0. The Kier molecular flexibility index (Phi) is 3.02. The number of hydrogen-bond donors (Lipinski definition) is 1. The van der Waals surface area contributed by atoms with Crippen LogP contribution in [0.1, 0.15) is 42.5 Å². The maximum absolute atomic E-state index is 13.0. The number of nitrogens with one attached hydrogen (secondary N) is 1. The van der Waals surface area contributed by atoms with Gasteiger partial charge in [0, 0.05) is 5.69 Å². The predicted octanol–water partition coefficient (Wildman–Crippen LogP) is 4.66. The average Bonchev–Trinajstić information content (AvgIpc) is 2.82. The quantitative estimate of drug-likeness (QED) is 0.823. The van der Waals surface area contributed by atoms with Crippen molar-refractivity contribution in [2.75, 3.05) is 5.32 Å². The van der Waals surface area contributed by atoms with Crippen molar-refractivity contribution in [3.63, 3.8) is 0 Å². The second-order valence-electron chi connectivity index (χ2n) is 5.52. The van der Waals surface area contributed by atoms with Crippen molar-refractivity contribution in [1.29, 1.82) is 0 Å². The van der Waals surface area contributed by atoms with Crippen LogP contribution in [-0.2, 0) is 6.42 Å². The monoisotopic (exact) mass is 255 g/mol. The minimum atomic E-state index is -0.179. The van der Waals surface area contributed by atoms with Gasteiger partial charge in [-0.25, -0.2) is 4.39 Å². The molecular formula is C17H18FN. The highest BCUT2D eigenvalue weighted by Crippen LogP contribution is 2.35. The van der Waals surface area contributed by atoms with Crippen LogP contribution in [0.5, 0.6) is 0 Å². The van der Waals surface area contributed by atoms with Gasteiger partial charge in [0.25, 0.3) is 0 Å². The van der Waals surface area contributed by atoms with Crippen molar-refractivity contribution in [2.45, 2.75) is 32.2 Å². The second kappa shape index (κ2) is 4.69. The molecule has 1 N–H and O–H groups in total. The lowest BCUT2D eigenvalue weighted by Gasteiger charge is -2.11. The summed E-state index contributed by atoms with van der Waals surface area (Å²) in [6.07, 6.45) is 0.974. The Morgan fingerprint density at radius 1 is 1.11 bits per heavy atom. The lowest BCUT2D eigenvalue weighted by molar-refractivity contribution is 0.626. The lowest BCUT2D eigenvalue weighted by Crippen LogP contribution is -2.05. The highest BCUT2D eigenvalue weighted by Gasteiger charge is 2.22. The predicted molar refractivity (Wildman–Crippen MR) is 77.0 cm³/mol. The van der Waals surface area contributed by atoms with Gasteiger partial charge in [-0.05, 0) is 47.2 Å². The van der Waals surface area contributed by atoms with Gasteiger partial charge in [0.15, 0.2) is 0 Å². The van der Waals surface area contributed by atoms with Gasteiger partial charge in [0.2, 0.25) is 0 Å². The van der Waals surface area contributed by atoms with Crippen LogP contribution in [0.3, 0.4) is 0 Å². The molecule has 2 heteroatoms. The number of fused-ring (bicyclic) bond motifs is 1. The topological polar surface area (TPSA) is 12.0 Å². The van der Waals surface area contributed by atoms with Crippen LogP contribution in [0, 0.1) is 5.82 Å². The van der Waals surface area contributed by atoms with E-state index in [1.54, 1.807) is 0 Å². The normalized spacial score (nSPS) is 17.4. The summed E-state index contributed by atoms with van der Waals surface area (Å²) in [7, 11) is 0. The Labute approximate surface area is 113 Å². The SMILES string of the molecule is CC(C)c1ccc2c(c1)CC(c1ccc(F)cc1)N2. The van der Waals surface area contributed by atoms with E-state index in [1.165, 1.54) is 28.9 Å². The van der Waals surface area contributed by atoms with Crippen molar-refractivity contribution in [3.8, 4) is 0 Å². The average molecular weight is 255 g/mol. The van der Waals surface area contributed by atoms with Crippen LogP contribution in [0.15, 0.2) is 42.5 Å². The summed E-state index contributed by atoms with van der Waals surface area (Å²) in [6, 6.07) is 13.7. The van der Waals surface area contributed by atoms with Crippen molar-refractivity contribution in [1.82, 2.24) is 0 Å². The zero-order valence-corrected chi connectivity index (χ0v) is 11.3. The van der Waals surface area contributed by atoms with Gasteiger partial charge in [-0.15, -0.1) is 0 Å². The molecule has 1 aliphatic heterocycles. The molecule has 0 saturated carbocycles. The molecule has 0 aromatic heterocycles. The number of rotatable bonds is 2. The maximum Gasteiger partial charge on any atom is 0.123 e. The standard InChI is InChI=1S/C17H18FN/c1-11(2)13-5-8-16-14(9-13)10-17(19-16)12-3-6-15(18)7-4-12/h3-9,11,17,19H,10H2,1-2H3. The summed E-state index contributed by atoms with van der Waals surface area (Å²) in [5.41, 5.74) is 5.09. The molecule has 0 fully saturated rings. The molecular weight excluding hydrogens is 237 g/mol.